The second-order valence-electron chi connectivity index (χ2n) is 2.93. The van der Waals surface area contributed by atoms with Crippen molar-refractivity contribution in [3.63, 3.8) is 0 Å². The first-order chi connectivity index (χ1) is 8.77. The average molecular weight is 248 g/mol. The molecule has 0 bridgehead atoms. The van der Waals surface area contributed by atoms with Crippen molar-refractivity contribution in [2.24, 2.45) is 0 Å². The average Bonchev–Trinajstić information content (AvgIpc) is 2.47. The van der Waals surface area contributed by atoms with E-state index in [1.807, 2.05) is 60.6 Å². The molecule has 0 aliphatic rings. The molecule has 0 aromatic carbocycles. The van der Waals surface area contributed by atoms with Crippen LogP contribution in [0.15, 0.2) is 24.4 Å². The monoisotopic (exact) mass is 248 g/mol. The van der Waals surface area contributed by atoms with Crippen LogP contribution >= 0.6 is 0 Å². The third-order valence-corrected chi connectivity index (χ3v) is 2.03. The molecule has 18 heavy (non-hydrogen) atoms. The maximum absolute atomic E-state index is 4.41. The van der Waals surface area contributed by atoms with Gasteiger partial charge in [-0.3, -0.25) is 9.97 Å². The van der Waals surface area contributed by atoms with Crippen molar-refractivity contribution in [3.05, 3.63) is 35.7 Å². The molecule has 0 fully saturated rings. The Bertz CT molecular complexity index is 382. The van der Waals surface area contributed by atoms with Crippen LogP contribution in [0.25, 0.3) is 11.0 Å². The van der Waals surface area contributed by atoms with Crippen molar-refractivity contribution in [3.8, 4) is 0 Å². The first-order valence-corrected chi connectivity index (χ1v) is 6.96. The molecule has 102 valence electrons. The number of nitrogens with zero attached hydrogens (tertiary/aromatic N) is 2. The van der Waals surface area contributed by atoms with Crippen LogP contribution in [-0.4, -0.2) is 9.97 Å². The van der Waals surface area contributed by atoms with Crippen molar-refractivity contribution in [1.82, 2.24) is 9.97 Å². The summed E-state index contributed by atoms with van der Waals surface area (Å²) in [4.78, 5) is 8.63. The molecule has 0 saturated carbocycles. The Hall–Kier alpha value is -1.44. The Labute approximate surface area is 112 Å². The minimum absolute atomic E-state index is 0.973. The third-order valence-electron chi connectivity index (χ3n) is 2.03. The molecule has 0 aliphatic carbocycles. The Morgan fingerprint density at radius 3 is 1.94 bits per heavy atom. The summed E-state index contributed by atoms with van der Waals surface area (Å²) in [6.45, 7) is 16.1. The topological polar surface area (TPSA) is 25.8 Å². The predicted octanol–water partition coefficient (Wildman–Crippen LogP) is 5.33. The summed E-state index contributed by atoms with van der Waals surface area (Å²) < 4.78 is 0. The van der Waals surface area contributed by atoms with E-state index in [4.69, 9.17) is 0 Å². The molecular formula is C16H28N2. The van der Waals surface area contributed by atoms with Crippen molar-refractivity contribution in [2.45, 2.75) is 55.4 Å². The molecule has 2 heteroatoms. The van der Waals surface area contributed by atoms with Crippen molar-refractivity contribution < 1.29 is 0 Å². The van der Waals surface area contributed by atoms with E-state index in [9.17, 15) is 0 Å². The van der Waals surface area contributed by atoms with Gasteiger partial charge in [0.05, 0.1) is 11.0 Å². The van der Waals surface area contributed by atoms with Gasteiger partial charge in [-0.1, -0.05) is 41.5 Å². The lowest BCUT2D eigenvalue weighted by molar-refractivity contribution is 1.18. The summed E-state index contributed by atoms with van der Waals surface area (Å²) in [6, 6.07) is 5.95. The standard InChI is InChI=1S/C10H10N2.3C2H6/c1-7-6-10-9(12-8(7)2)4-3-5-11-10;3*1-2/h3-6H,1-2H3;3*1-2H3. The largest absolute Gasteiger partial charge is 0.255 e. The van der Waals surface area contributed by atoms with Gasteiger partial charge in [-0.25, -0.2) is 0 Å². The highest BCUT2D eigenvalue weighted by Gasteiger charge is 1.97. The zero-order chi connectivity index (χ0) is 14.6. The summed E-state index contributed by atoms with van der Waals surface area (Å²) in [5, 5.41) is 0. The lowest BCUT2D eigenvalue weighted by atomic mass is 10.2. The van der Waals surface area contributed by atoms with E-state index in [1.54, 1.807) is 6.20 Å². The second-order valence-corrected chi connectivity index (χ2v) is 2.93. The van der Waals surface area contributed by atoms with Gasteiger partial charge in [-0.2, -0.15) is 0 Å². The molecule has 0 aliphatic heterocycles. The number of aryl methyl sites for hydroxylation is 2. The molecule has 2 heterocycles. The van der Waals surface area contributed by atoms with Crippen LogP contribution in [-0.2, 0) is 0 Å². The minimum atomic E-state index is 0.973. The van der Waals surface area contributed by atoms with Gasteiger partial charge < -0.3 is 0 Å². The van der Waals surface area contributed by atoms with Gasteiger partial charge in [0.1, 0.15) is 0 Å². The van der Waals surface area contributed by atoms with Gasteiger partial charge >= 0.3 is 0 Å². The van der Waals surface area contributed by atoms with Crippen LogP contribution in [0.4, 0.5) is 0 Å². The smallest absolute Gasteiger partial charge is 0.0890 e. The van der Waals surface area contributed by atoms with Gasteiger partial charge in [-0.15, -0.1) is 0 Å². The lowest BCUT2D eigenvalue weighted by Crippen LogP contribution is -1.89. The van der Waals surface area contributed by atoms with Gasteiger partial charge in [-0.05, 0) is 37.6 Å². The van der Waals surface area contributed by atoms with Crippen molar-refractivity contribution >= 4 is 11.0 Å². The fraction of sp³-hybridized carbons (Fsp3) is 0.500. The molecule has 0 atom stereocenters. The molecule has 0 saturated heterocycles. The first-order valence-electron chi connectivity index (χ1n) is 6.96. The van der Waals surface area contributed by atoms with Crippen LogP contribution in [0.1, 0.15) is 52.8 Å². The molecule has 0 amide bonds. The SMILES string of the molecule is CC.CC.CC.Cc1cc2ncccc2nc1C. The van der Waals surface area contributed by atoms with Crippen LogP contribution in [0.2, 0.25) is 0 Å². The Kier molecular flexibility index (Phi) is 12.6. The van der Waals surface area contributed by atoms with Crippen LogP contribution < -0.4 is 0 Å². The zero-order valence-corrected chi connectivity index (χ0v) is 13.2. The van der Waals surface area contributed by atoms with Crippen LogP contribution in [0.5, 0.6) is 0 Å². The molecular weight excluding hydrogens is 220 g/mol. The second kappa shape index (κ2) is 12.0. The predicted molar refractivity (Wildman–Crippen MR) is 83.1 cm³/mol. The maximum atomic E-state index is 4.41. The number of hydrogen-bond acceptors (Lipinski definition) is 2. The highest BCUT2D eigenvalue weighted by molar-refractivity contribution is 5.74. The van der Waals surface area contributed by atoms with Crippen LogP contribution in [0.3, 0.4) is 0 Å². The number of hydrogen-bond donors (Lipinski definition) is 0. The molecule has 2 aromatic heterocycles. The van der Waals surface area contributed by atoms with Gasteiger partial charge in [0.2, 0.25) is 0 Å². The maximum Gasteiger partial charge on any atom is 0.0890 e. The Morgan fingerprint density at radius 1 is 0.833 bits per heavy atom. The number of pyridine rings is 2. The van der Waals surface area contributed by atoms with E-state index in [2.05, 4.69) is 23.0 Å². The van der Waals surface area contributed by atoms with Crippen LogP contribution in [0, 0.1) is 13.8 Å². The molecule has 2 rings (SSSR count). The van der Waals surface area contributed by atoms with E-state index in [0.717, 1.165) is 16.7 Å². The Morgan fingerprint density at radius 2 is 1.39 bits per heavy atom. The normalized spacial score (nSPS) is 8.00. The fourth-order valence-corrected chi connectivity index (χ4v) is 1.19. The number of aromatic nitrogens is 2. The van der Waals surface area contributed by atoms with Crippen molar-refractivity contribution in [2.75, 3.05) is 0 Å². The van der Waals surface area contributed by atoms with Gasteiger partial charge in [0, 0.05) is 11.9 Å². The van der Waals surface area contributed by atoms with E-state index in [0.29, 0.717) is 0 Å². The molecule has 0 unspecified atom stereocenters. The highest BCUT2D eigenvalue weighted by Crippen LogP contribution is 2.12. The molecule has 0 N–H and O–H groups in total. The quantitative estimate of drug-likeness (QED) is 0.630. The van der Waals surface area contributed by atoms with Gasteiger partial charge in [0.25, 0.3) is 0 Å². The van der Waals surface area contributed by atoms with Gasteiger partial charge in [0.15, 0.2) is 0 Å². The fourth-order valence-electron chi connectivity index (χ4n) is 1.19. The number of fused-ring (bicyclic) bond motifs is 1. The molecule has 2 nitrogen and oxygen atoms in total. The van der Waals surface area contributed by atoms with E-state index < -0.39 is 0 Å². The Balaban J connectivity index is 0. The number of rotatable bonds is 0. The summed E-state index contributed by atoms with van der Waals surface area (Å²) in [7, 11) is 0. The summed E-state index contributed by atoms with van der Waals surface area (Å²) >= 11 is 0. The molecule has 2 aromatic rings. The first kappa shape index (κ1) is 18.9. The highest BCUT2D eigenvalue weighted by atomic mass is 14.8. The van der Waals surface area contributed by atoms with E-state index in [1.165, 1.54) is 5.56 Å². The van der Waals surface area contributed by atoms with E-state index in [-0.39, 0.29) is 0 Å². The summed E-state index contributed by atoms with van der Waals surface area (Å²) in [6.07, 6.45) is 1.79. The lowest BCUT2D eigenvalue weighted by Gasteiger charge is -2.00. The minimum Gasteiger partial charge on any atom is -0.255 e. The summed E-state index contributed by atoms with van der Waals surface area (Å²) in [5.41, 5.74) is 4.22. The summed E-state index contributed by atoms with van der Waals surface area (Å²) in [5.74, 6) is 0. The van der Waals surface area contributed by atoms with E-state index >= 15 is 0 Å². The molecule has 0 radical (unpaired) electrons. The third kappa shape index (κ3) is 5.76. The zero-order valence-electron chi connectivity index (χ0n) is 13.2. The van der Waals surface area contributed by atoms with Crippen molar-refractivity contribution in [1.29, 1.82) is 0 Å². The molecule has 0 spiro atoms.